The van der Waals surface area contributed by atoms with Gasteiger partial charge in [-0.1, -0.05) is 24.6 Å². The van der Waals surface area contributed by atoms with E-state index < -0.39 is 5.60 Å². The van der Waals surface area contributed by atoms with E-state index in [9.17, 15) is 9.90 Å². The fourth-order valence-corrected chi connectivity index (χ4v) is 2.41. The number of likely N-dealkylation sites (N-methyl/N-ethyl adjacent to an activating group) is 1. The fraction of sp³-hybridized carbons (Fsp3) is 0.588. The molecule has 3 heteroatoms. The van der Waals surface area contributed by atoms with Gasteiger partial charge >= 0.3 is 0 Å². The van der Waals surface area contributed by atoms with Crippen molar-refractivity contribution in [3.05, 3.63) is 34.9 Å². The zero-order valence-electron chi connectivity index (χ0n) is 13.5. The van der Waals surface area contributed by atoms with Gasteiger partial charge in [0.25, 0.3) is 0 Å². The van der Waals surface area contributed by atoms with Crippen LogP contribution < -0.4 is 0 Å². The third-order valence-corrected chi connectivity index (χ3v) is 3.58. The second kappa shape index (κ2) is 6.51. The van der Waals surface area contributed by atoms with Gasteiger partial charge in [-0.2, -0.15) is 0 Å². The maximum absolute atomic E-state index is 12.7. The summed E-state index contributed by atoms with van der Waals surface area (Å²) in [4.78, 5) is 14.7. The molecule has 0 fully saturated rings. The first-order valence-corrected chi connectivity index (χ1v) is 7.23. The van der Waals surface area contributed by atoms with Crippen LogP contribution in [0, 0.1) is 13.8 Å². The van der Waals surface area contributed by atoms with Crippen molar-refractivity contribution in [1.29, 1.82) is 0 Å². The summed E-state index contributed by atoms with van der Waals surface area (Å²) in [5, 5.41) is 9.97. The zero-order chi connectivity index (χ0) is 15.5. The number of Topliss-reactive ketones (excluding diaryl/α,β-unsaturated/α-hetero) is 1. The summed E-state index contributed by atoms with van der Waals surface area (Å²) in [5.74, 6) is 0.123. The Bertz CT molecular complexity index is 474. The van der Waals surface area contributed by atoms with Gasteiger partial charge in [-0.05, 0) is 52.8 Å². The van der Waals surface area contributed by atoms with Gasteiger partial charge in [-0.15, -0.1) is 0 Å². The Labute approximate surface area is 122 Å². The minimum Gasteiger partial charge on any atom is -0.389 e. The Morgan fingerprint density at radius 3 is 2.45 bits per heavy atom. The van der Waals surface area contributed by atoms with Gasteiger partial charge in [-0.25, -0.2) is 0 Å². The molecule has 0 aliphatic heterocycles. The lowest BCUT2D eigenvalue weighted by Crippen LogP contribution is -2.46. The quantitative estimate of drug-likeness (QED) is 0.813. The third kappa shape index (κ3) is 4.43. The molecular formula is C17H27NO2. The molecule has 0 saturated carbocycles. The monoisotopic (exact) mass is 277 g/mol. The molecule has 0 saturated heterocycles. The van der Waals surface area contributed by atoms with E-state index in [0.29, 0.717) is 6.54 Å². The lowest BCUT2D eigenvalue weighted by atomic mass is 9.96. The minimum absolute atomic E-state index is 0.123. The van der Waals surface area contributed by atoms with Crippen LogP contribution in [-0.4, -0.2) is 40.5 Å². The summed E-state index contributed by atoms with van der Waals surface area (Å²) in [6.07, 6.45) is 0. The van der Waals surface area contributed by atoms with Crippen molar-refractivity contribution in [2.45, 2.75) is 53.2 Å². The number of aryl methyl sites for hydroxylation is 2. The SMILES string of the molecule is CCN(CC(C)(C)O)C(C)C(=O)c1cc(C)ccc1C. The van der Waals surface area contributed by atoms with E-state index in [1.807, 2.05) is 50.8 Å². The summed E-state index contributed by atoms with van der Waals surface area (Å²) in [7, 11) is 0. The highest BCUT2D eigenvalue weighted by Gasteiger charge is 2.26. The highest BCUT2D eigenvalue weighted by Crippen LogP contribution is 2.17. The van der Waals surface area contributed by atoms with Crippen LogP contribution in [0.15, 0.2) is 18.2 Å². The first-order valence-electron chi connectivity index (χ1n) is 7.23. The average molecular weight is 277 g/mol. The van der Waals surface area contributed by atoms with Crippen LogP contribution in [0.25, 0.3) is 0 Å². The minimum atomic E-state index is -0.799. The molecule has 3 nitrogen and oxygen atoms in total. The van der Waals surface area contributed by atoms with Crippen molar-refractivity contribution in [3.63, 3.8) is 0 Å². The van der Waals surface area contributed by atoms with Crippen LogP contribution >= 0.6 is 0 Å². The van der Waals surface area contributed by atoms with Gasteiger partial charge in [0.05, 0.1) is 11.6 Å². The number of rotatable bonds is 6. The van der Waals surface area contributed by atoms with Crippen molar-refractivity contribution >= 4 is 5.78 Å². The molecule has 0 heterocycles. The normalized spacial score (nSPS) is 13.6. The lowest BCUT2D eigenvalue weighted by Gasteiger charge is -2.32. The Morgan fingerprint density at radius 1 is 1.35 bits per heavy atom. The second-order valence-electron chi connectivity index (χ2n) is 6.23. The van der Waals surface area contributed by atoms with E-state index in [4.69, 9.17) is 0 Å². The first-order chi connectivity index (χ1) is 9.15. The van der Waals surface area contributed by atoms with Crippen LogP contribution in [0.3, 0.4) is 0 Å². The number of aliphatic hydroxyl groups is 1. The van der Waals surface area contributed by atoms with E-state index in [1.165, 1.54) is 0 Å². The van der Waals surface area contributed by atoms with Crippen molar-refractivity contribution in [2.75, 3.05) is 13.1 Å². The van der Waals surface area contributed by atoms with Crippen LogP contribution in [0.1, 0.15) is 49.2 Å². The molecule has 0 aromatic heterocycles. The molecule has 1 aromatic carbocycles. The molecule has 0 radical (unpaired) electrons. The predicted octanol–water partition coefficient (Wildman–Crippen LogP) is 2.97. The molecule has 1 aromatic rings. The molecular weight excluding hydrogens is 250 g/mol. The van der Waals surface area contributed by atoms with Crippen molar-refractivity contribution in [3.8, 4) is 0 Å². The molecule has 1 rings (SSSR count). The smallest absolute Gasteiger partial charge is 0.179 e. The van der Waals surface area contributed by atoms with Gasteiger partial charge in [-0.3, -0.25) is 9.69 Å². The maximum Gasteiger partial charge on any atom is 0.179 e. The molecule has 0 aliphatic rings. The van der Waals surface area contributed by atoms with E-state index in [0.717, 1.165) is 23.2 Å². The predicted molar refractivity (Wildman–Crippen MR) is 83.3 cm³/mol. The molecule has 0 aliphatic carbocycles. The molecule has 112 valence electrons. The number of hydrogen-bond acceptors (Lipinski definition) is 3. The molecule has 0 amide bonds. The van der Waals surface area contributed by atoms with Crippen LogP contribution in [0.5, 0.6) is 0 Å². The van der Waals surface area contributed by atoms with E-state index in [1.54, 1.807) is 13.8 Å². The van der Waals surface area contributed by atoms with Gasteiger partial charge in [0, 0.05) is 12.1 Å². The first kappa shape index (κ1) is 16.9. The molecule has 0 spiro atoms. The molecule has 20 heavy (non-hydrogen) atoms. The Hall–Kier alpha value is -1.19. The third-order valence-electron chi connectivity index (χ3n) is 3.58. The van der Waals surface area contributed by atoms with E-state index >= 15 is 0 Å². The largest absolute Gasteiger partial charge is 0.389 e. The lowest BCUT2D eigenvalue weighted by molar-refractivity contribution is 0.0254. The summed E-state index contributed by atoms with van der Waals surface area (Å²) in [6, 6.07) is 5.73. The number of carbonyl (C=O) groups excluding carboxylic acids is 1. The van der Waals surface area contributed by atoms with Gasteiger partial charge in [0.15, 0.2) is 5.78 Å². The highest BCUT2D eigenvalue weighted by molar-refractivity contribution is 6.01. The fourth-order valence-electron chi connectivity index (χ4n) is 2.41. The molecule has 0 bridgehead atoms. The zero-order valence-corrected chi connectivity index (χ0v) is 13.5. The van der Waals surface area contributed by atoms with Crippen molar-refractivity contribution < 1.29 is 9.90 Å². The summed E-state index contributed by atoms with van der Waals surface area (Å²) in [6.45, 7) is 12.7. The molecule has 1 unspecified atom stereocenters. The Balaban J connectivity index is 2.97. The standard InChI is InChI=1S/C17H27NO2/c1-7-18(11-17(5,6)20)14(4)16(19)15-10-12(2)8-9-13(15)3/h8-10,14,20H,7,11H2,1-6H3. The number of ketones is 1. The maximum atomic E-state index is 12.7. The summed E-state index contributed by atoms with van der Waals surface area (Å²) in [5.41, 5.74) is 2.08. The van der Waals surface area contributed by atoms with E-state index in [-0.39, 0.29) is 11.8 Å². The number of hydrogen-bond donors (Lipinski definition) is 1. The second-order valence-corrected chi connectivity index (χ2v) is 6.23. The highest BCUT2D eigenvalue weighted by atomic mass is 16.3. The van der Waals surface area contributed by atoms with E-state index in [2.05, 4.69) is 0 Å². The van der Waals surface area contributed by atoms with Gasteiger partial charge < -0.3 is 5.11 Å². The molecule has 1 atom stereocenters. The molecule has 1 N–H and O–H groups in total. The van der Waals surface area contributed by atoms with Crippen molar-refractivity contribution in [1.82, 2.24) is 4.90 Å². The van der Waals surface area contributed by atoms with Gasteiger partial charge in [0.2, 0.25) is 0 Å². The van der Waals surface area contributed by atoms with Crippen LogP contribution in [0.2, 0.25) is 0 Å². The Kier molecular flexibility index (Phi) is 5.49. The number of nitrogens with zero attached hydrogens (tertiary/aromatic N) is 1. The topological polar surface area (TPSA) is 40.5 Å². The van der Waals surface area contributed by atoms with Gasteiger partial charge in [0.1, 0.15) is 0 Å². The Morgan fingerprint density at radius 2 is 1.95 bits per heavy atom. The van der Waals surface area contributed by atoms with Crippen molar-refractivity contribution in [2.24, 2.45) is 0 Å². The summed E-state index contributed by atoms with van der Waals surface area (Å²) < 4.78 is 0. The number of carbonyl (C=O) groups is 1. The van der Waals surface area contributed by atoms with Crippen LogP contribution in [0.4, 0.5) is 0 Å². The average Bonchev–Trinajstić information content (AvgIpc) is 2.36. The number of benzene rings is 1. The summed E-state index contributed by atoms with van der Waals surface area (Å²) >= 11 is 0. The van der Waals surface area contributed by atoms with Crippen LogP contribution in [-0.2, 0) is 0 Å².